The van der Waals surface area contributed by atoms with Gasteiger partial charge in [-0.1, -0.05) is 58.7 Å². The number of amides is 2. The largest absolute Gasteiger partial charge is 0.357 e. The van der Waals surface area contributed by atoms with Gasteiger partial charge in [0.2, 0.25) is 21.8 Å². The summed E-state index contributed by atoms with van der Waals surface area (Å²) in [6, 6.07) is 12.9. The minimum Gasteiger partial charge on any atom is -0.357 e. The van der Waals surface area contributed by atoms with E-state index in [0.29, 0.717) is 27.2 Å². The fourth-order valence-electron chi connectivity index (χ4n) is 3.14. The number of sulfonamides is 1. The van der Waals surface area contributed by atoms with Gasteiger partial charge in [-0.05, 0) is 36.2 Å². The van der Waals surface area contributed by atoms with E-state index >= 15 is 0 Å². The summed E-state index contributed by atoms with van der Waals surface area (Å²) in [5.41, 5.74) is 1.00. The zero-order valence-corrected chi connectivity index (χ0v) is 20.7. The zero-order chi connectivity index (χ0) is 23.2. The van der Waals surface area contributed by atoms with Crippen LogP contribution in [0.1, 0.15) is 18.9 Å². The maximum atomic E-state index is 13.4. The van der Waals surface area contributed by atoms with Gasteiger partial charge in [-0.25, -0.2) is 8.42 Å². The van der Waals surface area contributed by atoms with E-state index in [4.69, 9.17) is 11.6 Å². The lowest BCUT2D eigenvalue weighted by molar-refractivity contribution is -0.140. The average molecular weight is 531 g/mol. The first-order valence-electron chi connectivity index (χ1n) is 9.56. The normalized spacial score (nSPS) is 12.2. The Morgan fingerprint density at radius 2 is 1.84 bits per heavy atom. The molecule has 0 saturated heterocycles. The molecule has 0 aliphatic rings. The number of anilines is 1. The van der Waals surface area contributed by atoms with Gasteiger partial charge in [0.1, 0.15) is 12.6 Å². The van der Waals surface area contributed by atoms with E-state index in [1.165, 1.54) is 11.9 Å². The molecule has 2 amide bonds. The number of carbonyl (C=O) groups excluding carboxylic acids is 2. The quantitative estimate of drug-likeness (QED) is 0.538. The van der Waals surface area contributed by atoms with E-state index in [1.807, 2.05) is 0 Å². The summed E-state index contributed by atoms with van der Waals surface area (Å²) < 4.78 is 26.7. The van der Waals surface area contributed by atoms with Crippen molar-refractivity contribution in [1.29, 1.82) is 0 Å². The van der Waals surface area contributed by atoms with Gasteiger partial charge >= 0.3 is 0 Å². The number of nitrogens with zero attached hydrogens (tertiary/aromatic N) is 2. The summed E-state index contributed by atoms with van der Waals surface area (Å²) in [6.07, 6.45) is 1.39. The number of likely N-dealkylation sites (N-methyl/N-ethyl adjacent to an activating group) is 1. The van der Waals surface area contributed by atoms with Crippen LogP contribution in [0.2, 0.25) is 5.02 Å². The van der Waals surface area contributed by atoms with Gasteiger partial charge in [0.05, 0.1) is 11.9 Å². The molecule has 0 heterocycles. The second kappa shape index (κ2) is 11.0. The number of benzene rings is 2. The Morgan fingerprint density at radius 3 is 2.39 bits per heavy atom. The van der Waals surface area contributed by atoms with Gasteiger partial charge < -0.3 is 10.2 Å². The molecule has 2 aromatic carbocycles. The summed E-state index contributed by atoms with van der Waals surface area (Å²) in [7, 11) is -2.27. The van der Waals surface area contributed by atoms with Crippen LogP contribution in [0.15, 0.2) is 53.0 Å². The van der Waals surface area contributed by atoms with Crippen LogP contribution in [0, 0.1) is 0 Å². The van der Waals surface area contributed by atoms with Crippen LogP contribution in [0.5, 0.6) is 0 Å². The van der Waals surface area contributed by atoms with Crippen molar-refractivity contribution in [2.24, 2.45) is 0 Å². The van der Waals surface area contributed by atoms with E-state index in [1.54, 1.807) is 55.5 Å². The zero-order valence-electron chi connectivity index (χ0n) is 17.5. The fraction of sp³-hybridized carbons (Fsp3) is 0.333. The van der Waals surface area contributed by atoms with Crippen molar-refractivity contribution >= 4 is 55.1 Å². The molecule has 0 aromatic heterocycles. The second-order valence-corrected chi connectivity index (χ2v) is 10.1. The second-order valence-electron chi connectivity index (χ2n) is 6.90. The number of nitrogens with one attached hydrogen (secondary N) is 1. The smallest absolute Gasteiger partial charge is 0.244 e. The number of carbonyl (C=O) groups is 2. The van der Waals surface area contributed by atoms with Crippen LogP contribution < -0.4 is 9.62 Å². The summed E-state index contributed by atoms with van der Waals surface area (Å²) in [6.45, 7) is 1.41. The Hall–Kier alpha value is -2.10. The van der Waals surface area contributed by atoms with Gasteiger partial charge in [-0.15, -0.1) is 0 Å². The molecule has 168 valence electrons. The van der Waals surface area contributed by atoms with Gasteiger partial charge in [0, 0.05) is 23.1 Å². The summed E-state index contributed by atoms with van der Waals surface area (Å²) in [5, 5.41) is 3.03. The first kappa shape index (κ1) is 25.2. The molecule has 31 heavy (non-hydrogen) atoms. The first-order valence-corrected chi connectivity index (χ1v) is 12.6. The van der Waals surface area contributed by atoms with Crippen molar-refractivity contribution < 1.29 is 18.0 Å². The van der Waals surface area contributed by atoms with Crippen molar-refractivity contribution in [3.05, 3.63) is 63.6 Å². The van der Waals surface area contributed by atoms with Crippen molar-refractivity contribution in [3.63, 3.8) is 0 Å². The van der Waals surface area contributed by atoms with Crippen LogP contribution in [-0.2, 0) is 26.2 Å². The predicted molar refractivity (Wildman–Crippen MR) is 126 cm³/mol. The lowest BCUT2D eigenvalue weighted by Gasteiger charge is -2.32. The van der Waals surface area contributed by atoms with E-state index in [0.717, 1.165) is 10.6 Å². The maximum absolute atomic E-state index is 13.4. The molecule has 1 atom stereocenters. The molecule has 10 heteroatoms. The molecule has 0 bridgehead atoms. The summed E-state index contributed by atoms with van der Waals surface area (Å²) in [4.78, 5) is 27.2. The molecule has 0 aliphatic heterocycles. The Balaban J connectivity index is 2.44. The highest BCUT2D eigenvalue weighted by atomic mass is 79.9. The molecule has 0 aliphatic carbocycles. The summed E-state index contributed by atoms with van der Waals surface area (Å²) in [5.74, 6) is -0.850. The minimum absolute atomic E-state index is 0.0700. The molecule has 0 saturated carbocycles. The molecule has 0 spiro atoms. The maximum Gasteiger partial charge on any atom is 0.244 e. The SMILES string of the molecule is CC[C@@H](C(=O)NC)N(Cc1ccccc1Cl)C(=O)CN(c1cccc(Br)c1)S(C)(=O)=O. The first-order chi connectivity index (χ1) is 14.6. The van der Waals surface area contributed by atoms with Crippen molar-refractivity contribution in [2.45, 2.75) is 25.9 Å². The molecule has 0 radical (unpaired) electrons. The van der Waals surface area contributed by atoms with Gasteiger partial charge in [-0.2, -0.15) is 0 Å². The van der Waals surface area contributed by atoms with Crippen molar-refractivity contribution in [3.8, 4) is 0 Å². The molecular weight excluding hydrogens is 506 g/mol. The minimum atomic E-state index is -3.76. The highest BCUT2D eigenvalue weighted by molar-refractivity contribution is 9.10. The molecular formula is C21H25BrClN3O4S. The van der Waals surface area contributed by atoms with Crippen LogP contribution in [0.4, 0.5) is 5.69 Å². The van der Waals surface area contributed by atoms with Gasteiger partial charge in [0.15, 0.2) is 0 Å². The third-order valence-corrected chi connectivity index (χ3v) is 6.71. The van der Waals surface area contributed by atoms with Crippen LogP contribution in [0.25, 0.3) is 0 Å². The van der Waals surface area contributed by atoms with E-state index in [2.05, 4.69) is 21.2 Å². The molecule has 0 fully saturated rings. The third-order valence-electron chi connectivity index (χ3n) is 4.71. The van der Waals surface area contributed by atoms with E-state index in [-0.39, 0.29) is 12.5 Å². The van der Waals surface area contributed by atoms with E-state index < -0.39 is 28.5 Å². The topological polar surface area (TPSA) is 86.8 Å². The lowest BCUT2D eigenvalue weighted by atomic mass is 10.1. The molecule has 1 N–H and O–H groups in total. The number of hydrogen-bond acceptors (Lipinski definition) is 4. The average Bonchev–Trinajstić information content (AvgIpc) is 2.71. The lowest BCUT2D eigenvalue weighted by Crippen LogP contribution is -2.51. The van der Waals surface area contributed by atoms with Crippen molar-refractivity contribution in [2.75, 3.05) is 24.2 Å². The van der Waals surface area contributed by atoms with Gasteiger partial charge in [0.25, 0.3) is 0 Å². The molecule has 2 aromatic rings. The number of halogens is 2. The van der Waals surface area contributed by atoms with E-state index in [9.17, 15) is 18.0 Å². The Morgan fingerprint density at radius 1 is 1.16 bits per heavy atom. The molecule has 2 rings (SSSR count). The fourth-order valence-corrected chi connectivity index (χ4v) is 4.57. The Kier molecular flexibility index (Phi) is 8.90. The highest BCUT2D eigenvalue weighted by Gasteiger charge is 2.31. The van der Waals surface area contributed by atoms with Crippen LogP contribution in [0.3, 0.4) is 0 Å². The Bertz CT molecular complexity index is 1050. The predicted octanol–water partition coefficient (Wildman–Crippen LogP) is 3.42. The summed E-state index contributed by atoms with van der Waals surface area (Å²) >= 11 is 9.60. The van der Waals surface area contributed by atoms with Crippen LogP contribution >= 0.6 is 27.5 Å². The number of hydrogen-bond donors (Lipinski definition) is 1. The third kappa shape index (κ3) is 6.69. The molecule has 0 unspecified atom stereocenters. The van der Waals surface area contributed by atoms with Crippen LogP contribution in [-0.4, -0.2) is 51.0 Å². The highest BCUT2D eigenvalue weighted by Crippen LogP contribution is 2.24. The number of rotatable bonds is 9. The van der Waals surface area contributed by atoms with Crippen molar-refractivity contribution in [1.82, 2.24) is 10.2 Å². The monoisotopic (exact) mass is 529 g/mol. The Labute approximate surface area is 196 Å². The van der Waals surface area contributed by atoms with Gasteiger partial charge in [-0.3, -0.25) is 13.9 Å². The molecule has 7 nitrogen and oxygen atoms in total. The standard InChI is InChI=1S/C21H25BrClN3O4S/c1-4-19(21(28)24-2)25(13-15-8-5-6-11-18(15)23)20(27)14-26(31(3,29)30)17-10-7-9-16(22)12-17/h5-12,19H,4,13-14H2,1-3H3,(H,24,28)/t19-/m0/s1.